The average Bonchev–Trinajstić information content (AvgIpc) is 3.32. The molecule has 386 valence electrons. The lowest BCUT2D eigenvalue weighted by Crippen LogP contribution is -3.00. The number of fused-ring (bicyclic) bond motifs is 2. The first-order valence-electron chi connectivity index (χ1n) is 20.8. The fourth-order valence-electron chi connectivity index (χ4n) is 7.88. The van der Waals surface area contributed by atoms with Crippen molar-refractivity contribution in [2.75, 3.05) is 34.5 Å². The van der Waals surface area contributed by atoms with Crippen molar-refractivity contribution in [2.24, 2.45) is 5.92 Å². The first-order chi connectivity index (χ1) is 32.8. The normalized spacial score (nSPS) is 23.9. The summed E-state index contributed by atoms with van der Waals surface area (Å²) in [7, 11) is 3.94. The largest absolute Gasteiger partial charge is 1.00 e. The quantitative estimate of drug-likeness (QED) is 0.0432. The third kappa shape index (κ3) is 11.0. The summed E-state index contributed by atoms with van der Waals surface area (Å²) in [4.78, 5) is 0. The maximum atomic E-state index is 10.5. The van der Waals surface area contributed by atoms with Crippen LogP contribution in [0.2, 0.25) is 0 Å². The fraction of sp³-hybridized carbons (Fsp3) is 0.348. The molecule has 2 fully saturated rings. The van der Waals surface area contributed by atoms with Crippen LogP contribution in [0.15, 0.2) is 69.5 Å². The second kappa shape index (κ2) is 22.7. The standard InChI is InChI=1S/C23H24O12.C23H24O11.2ClH/c1-31-14-3-9(4-15(32-2)18(14)27)22-16(7-11-12(26)5-10(25)6-13(11)33-22)34-23-21(30)20(29)19(28)17(8-24)35-23;1-32-16-3-9(2-14(27)20(16)29)23-18(7-12-13(26)5-11(25)6-15(12)34-23)33-17-4-10(8-24)19(28)22(31)21(17)30;;/h3-7,17,19-21,23-24,28-30H,8H2,1-2H3,(H2-,25,26,27);2-3,5-7,10,17,19,21-22,24,28,30-31H,4,8H2,1H3,(H3-,25,26,27,29);2*1H/t17-,19-,20+,21-,23-;10?,17-,19-,21?,22-;;/m11../s1. The van der Waals surface area contributed by atoms with Crippen LogP contribution in [0.3, 0.4) is 0 Å². The molecule has 25 heteroatoms. The molecule has 1 aliphatic carbocycles. The zero-order valence-corrected chi connectivity index (χ0v) is 38.9. The molecule has 1 saturated carbocycles. The topological polar surface area (TPSA) is 381 Å². The van der Waals surface area contributed by atoms with E-state index in [9.17, 15) is 76.6 Å². The van der Waals surface area contributed by atoms with Gasteiger partial charge in [-0.2, -0.15) is 0 Å². The van der Waals surface area contributed by atoms with Gasteiger partial charge in [0.1, 0.15) is 76.5 Å². The molecule has 2 aliphatic rings. The number of ether oxygens (including phenoxy) is 6. The summed E-state index contributed by atoms with van der Waals surface area (Å²) in [6.45, 7) is -1.12. The summed E-state index contributed by atoms with van der Waals surface area (Å²) in [5.41, 5.74) is 0.557. The lowest BCUT2D eigenvalue weighted by Gasteiger charge is -2.39. The van der Waals surface area contributed by atoms with E-state index in [1.165, 1.54) is 69.9 Å². The van der Waals surface area contributed by atoms with Gasteiger partial charge in [0.2, 0.25) is 29.3 Å². The molecule has 4 aromatic carbocycles. The zero-order valence-electron chi connectivity index (χ0n) is 37.4. The van der Waals surface area contributed by atoms with Gasteiger partial charge < -0.3 is 130 Å². The zero-order chi connectivity index (χ0) is 50.2. The van der Waals surface area contributed by atoms with Gasteiger partial charge in [0, 0.05) is 61.1 Å². The molecule has 6 aromatic rings. The van der Waals surface area contributed by atoms with Crippen LogP contribution in [0.4, 0.5) is 0 Å². The van der Waals surface area contributed by atoms with Gasteiger partial charge in [0.25, 0.3) is 0 Å². The molecular weight excluding hydrogens is 991 g/mol. The van der Waals surface area contributed by atoms with Gasteiger partial charge in [-0.05, 0) is 6.42 Å². The van der Waals surface area contributed by atoms with E-state index in [0.29, 0.717) is 0 Å². The highest BCUT2D eigenvalue weighted by atomic mass is 35.5. The number of methoxy groups -OCH3 is 3. The SMILES string of the molecule is COc1cc(-c2[o+]c3cc(O)cc(O)c3cc2O[C@@H]2CC(CO)[C@@H](O)[C@@H](O)C2O)cc(O)c1O.COc1cc(-c2[o+]c3cc(O)cc(O)c3cc2O[C@@H]2O[C@H](CO)[C@@H](O)[C@H](O)[C@H]2O)cc(OC)c1O.[Cl-].[Cl-]. The lowest BCUT2D eigenvalue weighted by atomic mass is 9.81. The highest BCUT2D eigenvalue weighted by molar-refractivity contribution is 5.90. The van der Waals surface area contributed by atoms with Gasteiger partial charge in [0.05, 0.1) is 57.3 Å². The number of aliphatic hydroxyl groups excluding tert-OH is 8. The number of phenolic OH excluding ortho intramolecular Hbond substituents is 7. The molecule has 8 rings (SSSR count). The van der Waals surface area contributed by atoms with Gasteiger partial charge in [-0.3, -0.25) is 0 Å². The minimum Gasteiger partial charge on any atom is -1.00 e. The Morgan fingerprint density at radius 2 is 0.958 bits per heavy atom. The molecule has 2 aromatic heterocycles. The summed E-state index contributed by atoms with van der Waals surface area (Å²) in [6.07, 6.45) is -13.3. The molecule has 23 nitrogen and oxygen atoms in total. The van der Waals surface area contributed by atoms with Crippen LogP contribution in [-0.4, -0.2) is 166 Å². The third-order valence-electron chi connectivity index (χ3n) is 11.6. The van der Waals surface area contributed by atoms with Crippen LogP contribution < -0.4 is 48.5 Å². The number of benzene rings is 4. The van der Waals surface area contributed by atoms with Crippen molar-refractivity contribution in [3.63, 3.8) is 0 Å². The molecule has 0 amide bonds. The van der Waals surface area contributed by atoms with Gasteiger partial charge in [-0.25, -0.2) is 8.83 Å². The molecule has 0 spiro atoms. The lowest BCUT2D eigenvalue weighted by molar-refractivity contribution is -0.277. The molecule has 3 heterocycles. The maximum absolute atomic E-state index is 10.5. The predicted molar refractivity (Wildman–Crippen MR) is 235 cm³/mol. The smallest absolute Gasteiger partial charge is 0.402 e. The van der Waals surface area contributed by atoms with E-state index in [1.807, 2.05) is 0 Å². The predicted octanol–water partition coefficient (Wildman–Crippen LogP) is -4.24. The molecule has 0 radical (unpaired) electrons. The number of hydrogen-bond donors (Lipinski definition) is 15. The Bertz CT molecular complexity index is 2800. The Hall–Kier alpha value is -6.48. The van der Waals surface area contributed by atoms with E-state index in [-0.39, 0.29) is 133 Å². The van der Waals surface area contributed by atoms with Crippen LogP contribution in [0.25, 0.3) is 44.6 Å². The summed E-state index contributed by atoms with van der Waals surface area (Å²) < 4.78 is 44.4. The van der Waals surface area contributed by atoms with Crippen molar-refractivity contribution in [2.45, 2.75) is 61.5 Å². The van der Waals surface area contributed by atoms with E-state index in [4.69, 9.17) is 37.3 Å². The molecule has 0 bridgehead atoms. The molecule has 10 atom stereocenters. The van der Waals surface area contributed by atoms with Crippen molar-refractivity contribution in [1.29, 1.82) is 0 Å². The number of phenols is 7. The van der Waals surface area contributed by atoms with E-state index in [1.54, 1.807) is 0 Å². The Morgan fingerprint density at radius 3 is 1.44 bits per heavy atom. The Morgan fingerprint density at radius 1 is 0.493 bits per heavy atom. The summed E-state index contributed by atoms with van der Waals surface area (Å²) in [6, 6.07) is 12.7. The van der Waals surface area contributed by atoms with Crippen LogP contribution in [0.5, 0.6) is 69.0 Å². The number of aromatic hydroxyl groups is 7. The minimum absolute atomic E-state index is 0. The molecule has 2 unspecified atom stereocenters. The molecule has 1 aliphatic heterocycles. The number of halogens is 2. The highest BCUT2D eigenvalue weighted by Crippen LogP contribution is 2.47. The monoisotopic (exact) mass is 1040 g/mol. The highest BCUT2D eigenvalue weighted by Gasteiger charge is 2.47. The van der Waals surface area contributed by atoms with Crippen LogP contribution in [0.1, 0.15) is 6.42 Å². The van der Waals surface area contributed by atoms with Gasteiger partial charge in [-0.1, -0.05) is 0 Å². The van der Waals surface area contributed by atoms with Crippen molar-refractivity contribution < 1.29 is 139 Å². The number of hydrogen-bond acceptors (Lipinski definition) is 21. The third-order valence-corrected chi connectivity index (χ3v) is 11.6. The first kappa shape index (κ1) is 55.4. The van der Waals surface area contributed by atoms with Gasteiger partial charge in [0.15, 0.2) is 23.0 Å². The minimum atomic E-state index is -1.71. The summed E-state index contributed by atoms with van der Waals surface area (Å²) >= 11 is 0. The van der Waals surface area contributed by atoms with E-state index in [0.717, 1.165) is 12.1 Å². The van der Waals surface area contributed by atoms with Gasteiger partial charge >= 0.3 is 22.7 Å². The molecule has 15 N–H and O–H groups in total. The Labute approximate surface area is 413 Å². The summed E-state index contributed by atoms with van der Waals surface area (Å²) in [5, 5.41) is 151. The second-order valence-electron chi connectivity index (χ2n) is 16.0. The molecule has 1 saturated heterocycles. The molecular formula is C46H50Cl2O23. The van der Waals surface area contributed by atoms with E-state index < -0.39 is 85.8 Å². The second-order valence-corrected chi connectivity index (χ2v) is 16.0. The first-order valence-corrected chi connectivity index (χ1v) is 20.8. The Balaban J connectivity index is 0.000000257. The van der Waals surface area contributed by atoms with Crippen molar-refractivity contribution in [3.8, 4) is 91.6 Å². The van der Waals surface area contributed by atoms with Crippen LogP contribution in [0, 0.1) is 5.92 Å². The average molecular weight is 1040 g/mol. The van der Waals surface area contributed by atoms with E-state index in [2.05, 4.69) is 0 Å². The Kier molecular flexibility index (Phi) is 17.7. The van der Waals surface area contributed by atoms with E-state index >= 15 is 0 Å². The van der Waals surface area contributed by atoms with Crippen molar-refractivity contribution in [1.82, 2.24) is 0 Å². The molecule has 71 heavy (non-hydrogen) atoms. The number of aliphatic hydroxyl groups is 8. The maximum Gasteiger partial charge on any atom is 0.402 e. The number of rotatable bonds is 11. The van der Waals surface area contributed by atoms with Crippen molar-refractivity contribution in [3.05, 3.63) is 60.7 Å². The van der Waals surface area contributed by atoms with Gasteiger partial charge in [-0.15, -0.1) is 0 Å². The fourth-order valence-corrected chi connectivity index (χ4v) is 7.88. The summed E-state index contributed by atoms with van der Waals surface area (Å²) in [5.74, 6) is -3.47. The van der Waals surface area contributed by atoms with Crippen LogP contribution >= 0.6 is 0 Å². The van der Waals surface area contributed by atoms with Crippen molar-refractivity contribution >= 4 is 21.9 Å². The van der Waals surface area contributed by atoms with Crippen LogP contribution in [-0.2, 0) is 4.74 Å².